The second kappa shape index (κ2) is 6.63. The molecule has 0 heterocycles. The van der Waals surface area contributed by atoms with Crippen molar-refractivity contribution in [1.29, 1.82) is 0 Å². The highest BCUT2D eigenvalue weighted by atomic mass is 16.5. The molecule has 0 fully saturated rings. The van der Waals surface area contributed by atoms with Crippen LogP contribution in [0.15, 0.2) is 12.1 Å². The molecule has 0 aliphatic carbocycles. The molecule has 104 valence electrons. The smallest absolute Gasteiger partial charge is 0.167 e. The first-order chi connectivity index (χ1) is 9.03. The Hall–Kier alpha value is -2.24. The van der Waals surface area contributed by atoms with Crippen molar-refractivity contribution in [2.45, 2.75) is 12.8 Å². The van der Waals surface area contributed by atoms with E-state index in [-0.39, 0.29) is 24.2 Å². The molecule has 1 rings (SSSR count). The summed E-state index contributed by atoms with van der Waals surface area (Å²) in [7, 11) is 4.32. The van der Waals surface area contributed by atoms with Gasteiger partial charge in [0.1, 0.15) is 5.75 Å². The molecule has 19 heavy (non-hydrogen) atoms. The van der Waals surface area contributed by atoms with Crippen LogP contribution in [-0.4, -0.2) is 33.1 Å². The van der Waals surface area contributed by atoms with Gasteiger partial charge in [0.2, 0.25) is 0 Å². The maximum absolute atomic E-state index is 11.9. The summed E-state index contributed by atoms with van der Waals surface area (Å²) < 4.78 is 15.3. The molecule has 0 N–H and O–H groups in total. The van der Waals surface area contributed by atoms with E-state index in [9.17, 15) is 14.7 Å². The Morgan fingerprint density at radius 3 is 1.95 bits per heavy atom. The van der Waals surface area contributed by atoms with Gasteiger partial charge in [-0.3, -0.25) is 4.79 Å². The molecular formula is C13H15O6-. The highest BCUT2D eigenvalue weighted by Crippen LogP contribution is 2.35. The second-order valence-corrected chi connectivity index (χ2v) is 3.70. The van der Waals surface area contributed by atoms with Crippen molar-refractivity contribution in [1.82, 2.24) is 0 Å². The molecule has 0 spiro atoms. The first kappa shape index (κ1) is 14.8. The highest BCUT2D eigenvalue weighted by Gasteiger charge is 2.17. The molecule has 1 aromatic rings. The van der Waals surface area contributed by atoms with Crippen molar-refractivity contribution in [3.05, 3.63) is 17.7 Å². The van der Waals surface area contributed by atoms with Crippen molar-refractivity contribution in [3.63, 3.8) is 0 Å². The first-order valence-electron chi connectivity index (χ1n) is 5.56. The van der Waals surface area contributed by atoms with Crippen LogP contribution < -0.4 is 19.3 Å². The fourth-order valence-corrected chi connectivity index (χ4v) is 1.60. The minimum Gasteiger partial charge on any atom is -0.550 e. The maximum atomic E-state index is 11.9. The summed E-state index contributed by atoms with van der Waals surface area (Å²) in [5.41, 5.74) is 0.251. The molecule has 0 bridgehead atoms. The van der Waals surface area contributed by atoms with Gasteiger partial charge in [-0.05, 0) is 12.5 Å². The number of carbonyl (C=O) groups excluding carboxylic acids is 2. The van der Waals surface area contributed by atoms with E-state index in [0.717, 1.165) is 0 Å². The molecule has 0 aliphatic heterocycles. The average Bonchev–Trinajstić information content (AvgIpc) is 2.42. The monoisotopic (exact) mass is 267 g/mol. The summed E-state index contributed by atoms with van der Waals surface area (Å²) in [6, 6.07) is 2.99. The normalized spacial score (nSPS) is 9.84. The van der Waals surface area contributed by atoms with Gasteiger partial charge < -0.3 is 24.1 Å². The Kier molecular flexibility index (Phi) is 5.17. The van der Waals surface area contributed by atoms with E-state index in [1.54, 1.807) is 0 Å². The first-order valence-corrected chi connectivity index (χ1v) is 5.56. The topological polar surface area (TPSA) is 84.9 Å². The Morgan fingerprint density at radius 2 is 1.47 bits per heavy atom. The fraction of sp³-hybridized carbons (Fsp3) is 0.385. The number of hydrogen-bond acceptors (Lipinski definition) is 6. The van der Waals surface area contributed by atoms with Crippen LogP contribution in [0.1, 0.15) is 23.2 Å². The van der Waals surface area contributed by atoms with E-state index in [4.69, 9.17) is 14.2 Å². The average molecular weight is 267 g/mol. The van der Waals surface area contributed by atoms with Crippen LogP contribution >= 0.6 is 0 Å². The molecule has 1 aromatic carbocycles. The molecule has 0 unspecified atom stereocenters. The van der Waals surface area contributed by atoms with Crippen molar-refractivity contribution in [2.24, 2.45) is 0 Å². The van der Waals surface area contributed by atoms with Gasteiger partial charge in [0.25, 0.3) is 0 Å². The third kappa shape index (κ3) is 3.61. The highest BCUT2D eigenvalue weighted by molar-refractivity contribution is 6.00. The molecule has 0 aromatic heterocycles. The standard InChI is InChI=1S/C13H16O6/c1-17-10-7-12(19-3)11(18-2)6-8(10)9(14)4-5-13(15)16/h6-7H,4-5H2,1-3H3,(H,15,16)/p-1. The Balaban J connectivity index is 3.10. The van der Waals surface area contributed by atoms with Crippen molar-refractivity contribution in [2.75, 3.05) is 21.3 Å². The summed E-state index contributed by atoms with van der Waals surface area (Å²) in [6.07, 6.45) is -0.496. The molecular weight excluding hydrogens is 252 g/mol. The molecule has 6 heteroatoms. The van der Waals surface area contributed by atoms with Gasteiger partial charge >= 0.3 is 0 Å². The molecule has 0 saturated carbocycles. The summed E-state index contributed by atoms with van der Waals surface area (Å²) in [5.74, 6) is -0.522. The number of rotatable bonds is 7. The van der Waals surface area contributed by atoms with Crippen molar-refractivity contribution in [3.8, 4) is 17.2 Å². The summed E-state index contributed by atoms with van der Waals surface area (Å²) in [4.78, 5) is 22.3. The van der Waals surface area contributed by atoms with E-state index in [1.165, 1.54) is 33.5 Å². The number of ketones is 1. The van der Waals surface area contributed by atoms with Crippen LogP contribution in [0.3, 0.4) is 0 Å². The number of benzene rings is 1. The van der Waals surface area contributed by atoms with Crippen molar-refractivity contribution >= 4 is 11.8 Å². The van der Waals surface area contributed by atoms with Crippen LogP contribution in [0.5, 0.6) is 17.2 Å². The van der Waals surface area contributed by atoms with Crippen LogP contribution in [0, 0.1) is 0 Å². The summed E-state index contributed by atoms with van der Waals surface area (Å²) in [6.45, 7) is 0. The second-order valence-electron chi connectivity index (χ2n) is 3.70. The van der Waals surface area contributed by atoms with Gasteiger partial charge in [-0.2, -0.15) is 0 Å². The van der Waals surface area contributed by atoms with Crippen LogP contribution in [0.25, 0.3) is 0 Å². The van der Waals surface area contributed by atoms with E-state index >= 15 is 0 Å². The number of carbonyl (C=O) groups is 2. The summed E-state index contributed by atoms with van der Waals surface area (Å²) >= 11 is 0. The lowest BCUT2D eigenvalue weighted by Gasteiger charge is -2.13. The van der Waals surface area contributed by atoms with Crippen LogP contribution in [0.2, 0.25) is 0 Å². The molecule has 0 atom stereocenters. The number of hydrogen-bond donors (Lipinski definition) is 0. The van der Waals surface area contributed by atoms with E-state index < -0.39 is 5.97 Å². The zero-order valence-corrected chi connectivity index (χ0v) is 11.0. The number of methoxy groups -OCH3 is 3. The molecule has 6 nitrogen and oxygen atoms in total. The lowest BCUT2D eigenvalue weighted by Crippen LogP contribution is -2.22. The third-order valence-corrected chi connectivity index (χ3v) is 2.56. The number of carboxylic acid groups (broad SMARTS) is 1. The number of aliphatic carboxylic acids is 1. The number of carboxylic acids is 1. The third-order valence-electron chi connectivity index (χ3n) is 2.56. The molecule has 0 amide bonds. The molecule has 0 radical (unpaired) electrons. The number of ether oxygens (including phenoxy) is 3. The Labute approximate surface area is 110 Å². The van der Waals surface area contributed by atoms with Gasteiger partial charge in [0.15, 0.2) is 17.3 Å². The van der Waals surface area contributed by atoms with E-state index in [1.807, 2.05) is 0 Å². The van der Waals surface area contributed by atoms with Gasteiger partial charge in [0.05, 0.1) is 26.9 Å². The predicted octanol–water partition coefficient (Wildman–Crippen LogP) is 0.425. The number of Topliss-reactive ketones (excluding diaryl/α,β-unsaturated/α-hetero) is 1. The predicted molar refractivity (Wildman–Crippen MR) is 64.7 cm³/mol. The van der Waals surface area contributed by atoms with E-state index in [2.05, 4.69) is 0 Å². The zero-order chi connectivity index (χ0) is 14.4. The minimum atomic E-state index is -1.27. The van der Waals surface area contributed by atoms with Crippen LogP contribution in [0.4, 0.5) is 0 Å². The van der Waals surface area contributed by atoms with E-state index in [0.29, 0.717) is 17.2 Å². The molecule has 0 aliphatic rings. The Bertz CT molecular complexity index is 480. The minimum absolute atomic E-state index is 0.159. The maximum Gasteiger partial charge on any atom is 0.167 e. The molecule has 0 saturated heterocycles. The Morgan fingerprint density at radius 1 is 0.947 bits per heavy atom. The van der Waals surface area contributed by atoms with Crippen LogP contribution in [-0.2, 0) is 4.79 Å². The lowest BCUT2D eigenvalue weighted by atomic mass is 10.0. The van der Waals surface area contributed by atoms with Gasteiger partial charge in [-0.15, -0.1) is 0 Å². The largest absolute Gasteiger partial charge is 0.550 e. The quantitative estimate of drug-likeness (QED) is 0.666. The van der Waals surface area contributed by atoms with Crippen molar-refractivity contribution < 1.29 is 28.9 Å². The van der Waals surface area contributed by atoms with Gasteiger partial charge in [0, 0.05) is 18.5 Å². The fourth-order valence-electron chi connectivity index (χ4n) is 1.60. The zero-order valence-electron chi connectivity index (χ0n) is 11.0. The van der Waals surface area contributed by atoms with Gasteiger partial charge in [-0.25, -0.2) is 0 Å². The van der Waals surface area contributed by atoms with Gasteiger partial charge in [-0.1, -0.05) is 0 Å². The summed E-state index contributed by atoms with van der Waals surface area (Å²) in [5, 5.41) is 10.4. The SMILES string of the molecule is COc1cc(OC)c(C(=O)CCC(=O)[O-])cc1OC. The lowest BCUT2D eigenvalue weighted by molar-refractivity contribution is -0.305.